The Labute approximate surface area is 153 Å². The number of hydrogen-bond acceptors (Lipinski definition) is 5. The molecular weight excluding hydrogens is 338 g/mol. The Hall–Kier alpha value is -2.45. The number of amides is 1. The first-order valence-electron chi connectivity index (χ1n) is 8.84. The van der Waals surface area contributed by atoms with Gasteiger partial charge in [-0.3, -0.25) is 15.4 Å². The minimum absolute atomic E-state index is 0.0614. The second-order valence-corrected chi connectivity index (χ2v) is 5.99. The molecule has 0 saturated carbocycles. The average molecular weight is 365 g/mol. The highest BCUT2D eigenvalue weighted by molar-refractivity contribution is 5.87. The Morgan fingerprint density at radius 3 is 2.42 bits per heavy atom. The van der Waals surface area contributed by atoms with Gasteiger partial charge in [0.15, 0.2) is 0 Å². The second kappa shape index (κ2) is 11.2. The first-order valence-corrected chi connectivity index (χ1v) is 8.84. The molecule has 1 amide bonds. The van der Waals surface area contributed by atoms with Crippen molar-refractivity contribution in [2.45, 2.75) is 39.5 Å². The predicted molar refractivity (Wildman–Crippen MR) is 100 cm³/mol. The number of benzene rings is 1. The van der Waals surface area contributed by atoms with Crippen LogP contribution in [0.1, 0.15) is 39.5 Å². The molecule has 1 N–H and O–H groups in total. The van der Waals surface area contributed by atoms with E-state index in [4.69, 9.17) is 4.74 Å². The summed E-state index contributed by atoms with van der Waals surface area (Å²) in [6.45, 7) is 4.98. The van der Waals surface area contributed by atoms with Gasteiger partial charge in [0.05, 0.1) is 24.2 Å². The number of hydroxylamine groups is 3. The minimum Gasteiger partial charge on any atom is -0.628 e. The molecule has 0 aliphatic carbocycles. The highest BCUT2D eigenvalue weighted by Crippen LogP contribution is 2.23. The third-order valence-electron chi connectivity index (χ3n) is 3.81. The van der Waals surface area contributed by atoms with E-state index in [2.05, 4.69) is 5.32 Å². The van der Waals surface area contributed by atoms with Gasteiger partial charge in [0.2, 0.25) is 0 Å². The second-order valence-electron chi connectivity index (χ2n) is 5.99. The molecule has 0 aliphatic rings. The number of nitrogens with one attached hydrogen (secondary N) is 1. The molecule has 0 aromatic heterocycles. The van der Waals surface area contributed by atoms with Crippen LogP contribution in [0.25, 0.3) is 0 Å². The molecule has 8 heteroatoms. The molecule has 8 nitrogen and oxygen atoms in total. The predicted octanol–water partition coefficient (Wildman–Crippen LogP) is 4.57. The number of para-hydroxylation sites is 2. The van der Waals surface area contributed by atoms with Gasteiger partial charge in [0.25, 0.3) is 5.69 Å². The van der Waals surface area contributed by atoms with E-state index in [9.17, 15) is 20.1 Å². The van der Waals surface area contributed by atoms with Crippen molar-refractivity contribution in [3.63, 3.8) is 0 Å². The summed E-state index contributed by atoms with van der Waals surface area (Å²) in [6, 6.07) is 5.80. The molecular formula is C18H27N3O5. The van der Waals surface area contributed by atoms with Crippen molar-refractivity contribution >= 4 is 17.5 Å². The van der Waals surface area contributed by atoms with E-state index < -0.39 is 15.7 Å². The van der Waals surface area contributed by atoms with E-state index in [1.807, 2.05) is 13.8 Å². The molecule has 0 bridgehead atoms. The Kier molecular flexibility index (Phi) is 9.32. The molecule has 0 radical (unpaired) electrons. The van der Waals surface area contributed by atoms with E-state index >= 15 is 0 Å². The summed E-state index contributed by atoms with van der Waals surface area (Å²) in [7, 11) is 0. The number of anilines is 1. The van der Waals surface area contributed by atoms with E-state index in [1.54, 1.807) is 6.07 Å². The van der Waals surface area contributed by atoms with E-state index in [0.29, 0.717) is 13.1 Å². The summed E-state index contributed by atoms with van der Waals surface area (Å²) in [5, 5.41) is 25.9. The standard InChI is InChI=1S/C18H27N3O5/c1-3-5-12-21(25,13-6-4-2)14-9-15-26-18(22)19-16-10-7-8-11-17(16)20(23)24/h7-11,14H,3-6,12-13,15H2,1-2H3,(H,19,22)/b14-9+. The van der Waals surface area contributed by atoms with E-state index in [0.717, 1.165) is 25.7 Å². The Balaban J connectivity index is 2.55. The summed E-state index contributed by atoms with van der Waals surface area (Å²) in [4.78, 5) is 22.1. The number of quaternary nitrogens is 1. The topological polar surface area (TPSA) is 105 Å². The molecule has 144 valence electrons. The number of hydrogen-bond donors (Lipinski definition) is 1. The van der Waals surface area contributed by atoms with E-state index in [-0.39, 0.29) is 18.0 Å². The van der Waals surface area contributed by atoms with Crippen molar-refractivity contribution in [2.24, 2.45) is 0 Å². The minimum atomic E-state index is -0.810. The molecule has 26 heavy (non-hydrogen) atoms. The molecule has 0 atom stereocenters. The quantitative estimate of drug-likeness (QED) is 0.351. The summed E-state index contributed by atoms with van der Waals surface area (Å²) in [5.74, 6) is 0. The Morgan fingerprint density at radius 1 is 1.23 bits per heavy atom. The van der Waals surface area contributed by atoms with Crippen molar-refractivity contribution in [3.8, 4) is 0 Å². The number of nitro groups is 1. The third-order valence-corrected chi connectivity index (χ3v) is 3.81. The lowest BCUT2D eigenvalue weighted by atomic mass is 10.2. The highest BCUT2D eigenvalue weighted by atomic mass is 16.6. The van der Waals surface area contributed by atoms with Crippen molar-refractivity contribution in [3.05, 3.63) is 51.9 Å². The van der Waals surface area contributed by atoms with Gasteiger partial charge in [-0.1, -0.05) is 38.8 Å². The summed E-state index contributed by atoms with van der Waals surface area (Å²) >= 11 is 0. The molecule has 0 saturated heterocycles. The van der Waals surface area contributed by atoms with Gasteiger partial charge >= 0.3 is 6.09 Å². The van der Waals surface area contributed by atoms with Gasteiger partial charge in [-0.05, 0) is 18.9 Å². The van der Waals surface area contributed by atoms with Crippen LogP contribution < -0.4 is 5.32 Å². The van der Waals surface area contributed by atoms with Crippen LogP contribution in [0, 0.1) is 15.3 Å². The molecule has 0 unspecified atom stereocenters. The van der Waals surface area contributed by atoms with Crippen LogP contribution in [-0.2, 0) is 4.74 Å². The van der Waals surface area contributed by atoms with Crippen LogP contribution in [0.4, 0.5) is 16.2 Å². The average Bonchev–Trinajstić information content (AvgIpc) is 2.62. The molecule has 1 aromatic carbocycles. The SMILES string of the molecule is CCCC[N+]([O-])(/C=C/COC(=O)Nc1ccccc1[N+](=O)[O-])CCCC. The number of rotatable bonds is 11. The number of ether oxygens (including phenoxy) is 1. The monoisotopic (exact) mass is 365 g/mol. The lowest BCUT2D eigenvalue weighted by Crippen LogP contribution is -2.38. The molecule has 0 heterocycles. The molecule has 1 rings (SSSR count). The maximum Gasteiger partial charge on any atom is 0.412 e. The number of carbonyl (C=O) groups is 1. The summed E-state index contributed by atoms with van der Waals surface area (Å²) in [6.07, 6.45) is 5.78. The lowest BCUT2D eigenvalue weighted by molar-refractivity contribution is -0.829. The van der Waals surface area contributed by atoms with Gasteiger partial charge in [-0.2, -0.15) is 0 Å². The fourth-order valence-corrected chi connectivity index (χ4v) is 2.36. The zero-order chi connectivity index (χ0) is 19.4. The number of nitro benzene ring substituents is 1. The first-order chi connectivity index (χ1) is 12.4. The van der Waals surface area contributed by atoms with Crippen LogP contribution in [0.5, 0.6) is 0 Å². The van der Waals surface area contributed by atoms with Gasteiger partial charge in [0.1, 0.15) is 12.3 Å². The zero-order valence-corrected chi connectivity index (χ0v) is 15.3. The Bertz CT molecular complexity index is 611. The fourth-order valence-electron chi connectivity index (χ4n) is 2.36. The molecule has 0 fully saturated rings. The largest absolute Gasteiger partial charge is 0.628 e. The van der Waals surface area contributed by atoms with Gasteiger partial charge in [-0.25, -0.2) is 4.79 Å². The van der Waals surface area contributed by atoms with Crippen LogP contribution in [0.3, 0.4) is 0 Å². The lowest BCUT2D eigenvalue weighted by Gasteiger charge is -2.39. The normalized spacial score (nSPS) is 11.5. The van der Waals surface area contributed by atoms with Crippen molar-refractivity contribution in [2.75, 3.05) is 25.0 Å². The molecule has 1 aromatic rings. The smallest absolute Gasteiger partial charge is 0.412 e. The Morgan fingerprint density at radius 2 is 1.85 bits per heavy atom. The fraction of sp³-hybridized carbons (Fsp3) is 0.500. The number of carbonyl (C=O) groups excluding carboxylic acids is 1. The van der Waals surface area contributed by atoms with E-state index in [1.165, 1.54) is 30.5 Å². The van der Waals surface area contributed by atoms with Gasteiger partial charge in [-0.15, -0.1) is 0 Å². The first kappa shape index (κ1) is 21.6. The van der Waals surface area contributed by atoms with Crippen molar-refractivity contribution < 1.29 is 19.1 Å². The van der Waals surface area contributed by atoms with Crippen LogP contribution in [0.2, 0.25) is 0 Å². The molecule has 0 spiro atoms. The van der Waals surface area contributed by atoms with Gasteiger partial charge in [0, 0.05) is 12.1 Å². The summed E-state index contributed by atoms with van der Waals surface area (Å²) < 4.78 is 4.54. The van der Waals surface area contributed by atoms with Crippen LogP contribution >= 0.6 is 0 Å². The van der Waals surface area contributed by atoms with Crippen LogP contribution in [0.15, 0.2) is 36.5 Å². The third kappa shape index (κ3) is 7.62. The maximum atomic E-state index is 12.7. The zero-order valence-electron chi connectivity index (χ0n) is 15.3. The van der Waals surface area contributed by atoms with Gasteiger partial charge < -0.3 is 14.6 Å². The molecule has 0 aliphatic heterocycles. The number of unbranched alkanes of at least 4 members (excludes halogenated alkanes) is 2. The van der Waals surface area contributed by atoms with Crippen molar-refractivity contribution in [1.82, 2.24) is 0 Å². The summed E-state index contributed by atoms with van der Waals surface area (Å²) in [5.41, 5.74) is -0.152. The van der Waals surface area contributed by atoms with Crippen LogP contribution in [-0.4, -0.2) is 35.4 Å². The number of nitrogens with zero attached hydrogens (tertiary/aromatic N) is 2. The van der Waals surface area contributed by atoms with Crippen molar-refractivity contribution in [1.29, 1.82) is 0 Å². The maximum absolute atomic E-state index is 12.7. The highest BCUT2D eigenvalue weighted by Gasteiger charge is 2.15.